The third-order valence-electron chi connectivity index (χ3n) is 5.13. The number of aromatic nitrogens is 2. The van der Waals surface area contributed by atoms with Crippen LogP contribution in [0.4, 0.5) is 0 Å². The lowest BCUT2D eigenvalue weighted by Gasteiger charge is -2.20. The van der Waals surface area contributed by atoms with E-state index in [2.05, 4.69) is 5.32 Å². The van der Waals surface area contributed by atoms with E-state index in [0.717, 1.165) is 25.7 Å². The Morgan fingerprint density at radius 2 is 2.07 bits per heavy atom. The van der Waals surface area contributed by atoms with E-state index in [1.165, 1.54) is 11.8 Å². The highest BCUT2D eigenvalue weighted by Crippen LogP contribution is 2.33. The zero-order valence-electron chi connectivity index (χ0n) is 15.8. The highest BCUT2D eigenvalue weighted by molar-refractivity contribution is 8.00. The fourth-order valence-corrected chi connectivity index (χ4v) is 4.64. The van der Waals surface area contributed by atoms with E-state index >= 15 is 0 Å². The maximum absolute atomic E-state index is 13.2. The molecule has 7 heteroatoms. The Kier molecular flexibility index (Phi) is 5.52. The van der Waals surface area contributed by atoms with Crippen molar-refractivity contribution in [1.82, 2.24) is 14.9 Å². The van der Waals surface area contributed by atoms with E-state index in [9.17, 15) is 9.59 Å². The molecular formula is C21H23N3O3S. The molecule has 0 saturated heterocycles. The summed E-state index contributed by atoms with van der Waals surface area (Å²) >= 11 is 1.34. The van der Waals surface area contributed by atoms with Crippen LogP contribution in [0, 0.1) is 0 Å². The van der Waals surface area contributed by atoms with Gasteiger partial charge in [0.25, 0.3) is 5.56 Å². The van der Waals surface area contributed by atoms with E-state index in [1.807, 2.05) is 41.8 Å². The van der Waals surface area contributed by atoms with Gasteiger partial charge >= 0.3 is 0 Å². The van der Waals surface area contributed by atoms with Crippen LogP contribution in [0.1, 0.15) is 44.4 Å². The summed E-state index contributed by atoms with van der Waals surface area (Å²) in [4.78, 5) is 30.4. The summed E-state index contributed by atoms with van der Waals surface area (Å²) in [6.45, 7) is 2.18. The van der Waals surface area contributed by atoms with Gasteiger partial charge in [-0.15, -0.1) is 0 Å². The lowest BCUT2D eigenvalue weighted by Crippen LogP contribution is -2.32. The molecule has 2 aromatic heterocycles. The molecule has 1 amide bonds. The number of hydrogen-bond acceptors (Lipinski definition) is 5. The second kappa shape index (κ2) is 8.22. The predicted octanol–water partition coefficient (Wildman–Crippen LogP) is 3.90. The minimum atomic E-state index is -0.379. The van der Waals surface area contributed by atoms with Crippen LogP contribution in [0.5, 0.6) is 0 Å². The monoisotopic (exact) mass is 397 g/mol. The molecule has 28 heavy (non-hydrogen) atoms. The molecule has 146 valence electrons. The molecule has 0 bridgehead atoms. The molecule has 6 nitrogen and oxygen atoms in total. The molecule has 1 saturated carbocycles. The molecule has 1 atom stereocenters. The third kappa shape index (κ3) is 3.85. The third-order valence-corrected chi connectivity index (χ3v) is 6.20. The standard InChI is InChI=1S/C21H23N3O3S/c1-14(19(25)22-13-16-9-6-12-27-16)28-21-23-18-11-5-4-10-17(18)20(26)24(21)15-7-2-3-8-15/h4-6,9-12,14-15H,2-3,7-8,13H2,1H3,(H,22,25)/t14-/m0/s1. The van der Waals surface area contributed by atoms with Gasteiger partial charge in [0, 0.05) is 6.04 Å². The van der Waals surface area contributed by atoms with E-state index in [1.54, 1.807) is 12.3 Å². The van der Waals surface area contributed by atoms with Crippen LogP contribution in [0.15, 0.2) is 57.0 Å². The number of thioether (sulfide) groups is 1. The zero-order valence-corrected chi connectivity index (χ0v) is 16.6. The number of rotatable bonds is 6. The summed E-state index contributed by atoms with van der Waals surface area (Å²) in [7, 11) is 0. The van der Waals surface area contributed by atoms with E-state index in [-0.39, 0.29) is 22.8 Å². The molecule has 0 spiro atoms. The fourth-order valence-electron chi connectivity index (χ4n) is 3.64. The summed E-state index contributed by atoms with van der Waals surface area (Å²) in [6.07, 6.45) is 5.78. The van der Waals surface area contributed by atoms with Crippen LogP contribution in [0.3, 0.4) is 0 Å². The molecule has 1 N–H and O–H groups in total. The SMILES string of the molecule is C[C@H](Sc1nc2ccccc2c(=O)n1C1CCCC1)C(=O)NCc1ccco1. The molecule has 1 fully saturated rings. The van der Waals surface area contributed by atoms with Crippen LogP contribution in [0.25, 0.3) is 10.9 Å². The number of benzene rings is 1. The van der Waals surface area contributed by atoms with Crippen LogP contribution >= 0.6 is 11.8 Å². The van der Waals surface area contributed by atoms with Gasteiger partial charge in [-0.1, -0.05) is 36.7 Å². The first-order chi connectivity index (χ1) is 13.6. The predicted molar refractivity (Wildman–Crippen MR) is 109 cm³/mol. The average molecular weight is 398 g/mol. The van der Waals surface area contributed by atoms with Gasteiger partial charge in [-0.2, -0.15) is 0 Å². The van der Waals surface area contributed by atoms with Gasteiger partial charge in [0.05, 0.1) is 29.0 Å². The lowest BCUT2D eigenvalue weighted by molar-refractivity contribution is -0.120. The summed E-state index contributed by atoms with van der Waals surface area (Å²) in [5, 5.41) is 3.75. The van der Waals surface area contributed by atoms with E-state index < -0.39 is 0 Å². The fraction of sp³-hybridized carbons (Fsp3) is 0.381. The average Bonchev–Trinajstić information content (AvgIpc) is 3.40. The summed E-state index contributed by atoms with van der Waals surface area (Å²) in [5.41, 5.74) is 0.663. The Labute approximate surface area is 167 Å². The van der Waals surface area contributed by atoms with Gasteiger partial charge in [0.2, 0.25) is 5.91 Å². The quantitative estimate of drug-likeness (QED) is 0.504. The first-order valence-corrected chi connectivity index (χ1v) is 10.5. The molecule has 1 aliphatic rings. The largest absolute Gasteiger partial charge is 0.467 e. The van der Waals surface area contributed by atoms with Crippen LogP contribution in [0.2, 0.25) is 0 Å². The number of furan rings is 1. The van der Waals surface area contributed by atoms with Gasteiger partial charge in [0.1, 0.15) is 5.76 Å². The highest BCUT2D eigenvalue weighted by Gasteiger charge is 2.25. The second-order valence-corrected chi connectivity index (χ2v) is 8.39. The van der Waals surface area contributed by atoms with Crippen molar-refractivity contribution < 1.29 is 9.21 Å². The number of amides is 1. The number of hydrogen-bond donors (Lipinski definition) is 1. The first-order valence-electron chi connectivity index (χ1n) is 9.61. The molecule has 0 aliphatic heterocycles. The highest BCUT2D eigenvalue weighted by atomic mass is 32.2. The van der Waals surface area contributed by atoms with Crippen LogP contribution in [-0.4, -0.2) is 20.7 Å². The number of nitrogens with one attached hydrogen (secondary N) is 1. The number of carbonyl (C=O) groups is 1. The van der Waals surface area contributed by atoms with Crippen molar-refractivity contribution in [2.75, 3.05) is 0 Å². The van der Waals surface area contributed by atoms with Crippen LogP contribution in [-0.2, 0) is 11.3 Å². The van der Waals surface area contributed by atoms with Crippen molar-refractivity contribution in [2.45, 2.75) is 55.6 Å². The molecule has 2 heterocycles. The summed E-state index contributed by atoms with van der Waals surface area (Å²) < 4.78 is 7.07. The van der Waals surface area contributed by atoms with Crippen LogP contribution < -0.4 is 10.9 Å². The number of para-hydroxylation sites is 1. The Bertz CT molecular complexity index is 1020. The summed E-state index contributed by atoms with van der Waals surface area (Å²) in [6, 6.07) is 11.2. The number of carbonyl (C=O) groups excluding carboxylic acids is 1. The Hall–Kier alpha value is -2.54. The Balaban J connectivity index is 1.60. The van der Waals surface area contributed by atoms with Crippen molar-refractivity contribution in [3.8, 4) is 0 Å². The lowest BCUT2D eigenvalue weighted by atomic mass is 10.2. The number of nitrogens with zero attached hydrogens (tertiary/aromatic N) is 2. The molecule has 4 rings (SSSR count). The van der Waals surface area contributed by atoms with Crippen molar-refractivity contribution >= 4 is 28.6 Å². The van der Waals surface area contributed by atoms with E-state index in [0.29, 0.717) is 28.4 Å². The number of fused-ring (bicyclic) bond motifs is 1. The normalized spacial score (nSPS) is 15.8. The molecule has 3 aromatic rings. The van der Waals surface area contributed by atoms with Crippen molar-refractivity contribution in [1.29, 1.82) is 0 Å². The van der Waals surface area contributed by atoms with Gasteiger partial charge < -0.3 is 9.73 Å². The Morgan fingerprint density at radius 3 is 2.82 bits per heavy atom. The van der Waals surface area contributed by atoms with Crippen molar-refractivity contribution in [3.05, 3.63) is 58.8 Å². The molecule has 0 unspecified atom stereocenters. The topological polar surface area (TPSA) is 77.1 Å². The van der Waals surface area contributed by atoms with Crippen molar-refractivity contribution in [2.24, 2.45) is 0 Å². The van der Waals surface area contributed by atoms with Gasteiger partial charge in [-0.3, -0.25) is 14.2 Å². The maximum atomic E-state index is 13.2. The van der Waals surface area contributed by atoms with Crippen molar-refractivity contribution in [3.63, 3.8) is 0 Å². The van der Waals surface area contributed by atoms with E-state index in [4.69, 9.17) is 9.40 Å². The Morgan fingerprint density at radius 1 is 1.29 bits per heavy atom. The molecule has 0 radical (unpaired) electrons. The molecule has 1 aromatic carbocycles. The summed E-state index contributed by atoms with van der Waals surface area (Å²) in [5.74, 6) is 0.596. The van der Waals surface area contributed by atoms with Gasteiger partial charge in [0.15, 0.2) is 5.16 Å². The van der Waals surface area contributed by atoms with Gasteiger partial charge in [-0.05, 0) is 44.0 Å². The smallest absolute Gasteiger partial charge is 0.262 e. The first kappa shape index (κ1) is 18.8. The van der Waals surface area contributed by atoms with Gasteiger partial charge in [-0.25, -0.2) is 4.98 Å². The minimum Gasteiger partial charge on any atom is -0.467 e. The second-order valence-electron chi connectivity index (χ2n) is 7.08. The minimum absolute atomic E-state index is 0.0109. The molecular weight excluding hydrogens is 374 g/mol. The maximum Gasteiger partial charge on any atom is 0.262 e. The zero-order chi connectivity index (χ0) is 19.5. The molecule has 1 aliphatic carbocycles.